The van der Waals surface area contributed by atoms with Crippen LogP contribution in [0.25, 0.3) is 0 Å². The van der Waals surface area contributed by atoms with Crippen LogP contribution in [0.1, 0.15) is 23.0 Å². The van der Waals surface area contributed by atoms with Gasteiger partial charge in [-0.2, -0.15) is 5.10 Å². The Morgan fingerprint density at radius 2 is 2.25 bits per heavy atom. The summed E-state index contributed by atoms with van der Waals surface area (Å²) >= 11 is 6.02. The number of nitrogens with one attached hydrogen (secondary N) is 1. The highest BCUT2D eigenvalue weighted by molar-refractivity contribution is 6.32. The Labute approximate surface area is 122 Å². The van der Waals surface area contributed by atoms with Crippen LogP contribution in [-0.4, -0.2) is 22.8 Å². The first-order valence-electron chi connectivity index (χ1n) is 6.24. The van der Waals surface area contributed by atoms with Gasteiger partial charge in [0.25, 0.3) is 5.91 Å². The van der Waals surface area contributed by atoms with E-state index in [4.69, 9.17) is 16.3 Å². The highest BCUT2D eigenvalue weighted by atomic mass is 35.5. The van der Waals surface area contributed by atoms with Crippen molar-refractivity contribution in [2.75, 3.05) is 12.4 Å². The van der Waals surface area contributed by atoms with Gasteiger partial charge in [-0.3, -0.25) is 9.48 Å². The first-order chi connectivity index (χ1) is 9.55. The molecule has 2 aromatic rings. The number of carbonyl (C=O) groups is 1. The second-order valence-corrected chi connectivity index (χ2v) is 4.69. The Balaban J connectivity index is 2.18. The number of carbonyl (C=O) groups excluding carboxylic acids is 1. The van der Waals surface area contributed by atoms with Crippen LogP contribution in [0.5, 0.6) is 5.75 Å². The molecule has 0 unspecified atom stereocenters. The van der Waals surface area contributed by atoms with Crippen LogP contribution >= 0.6 is 11.6 Å². The topological polar surface area (TPSA) is 56.2 Å². The molecule has 0 aliphatic carbocycles. The van der Waals surface area contributed by atoms with Crippen LogP contribution in [-0.2, 0) is 6.54 Å². The average molecular weight is 294 g/mol. The molecule has 1 aromatic carbocycles. The highest BCUT2D eigenvalue weighted by Crippen LogP contribution is 2.27. The van der Waals surface area contributed by atoms with Crippen LogP contribution in [0, 0.1) is 6.92 Å². The van der Waals surface area contributed by atoms with Gasteiger partial charge in [-0.1, -0.05) is 11.6 Å². The van der Waals surface area contributed by atoms with Crippen molar-refractivity contribution in [3.8, 4) is 5.75 Å². The van der Waals surface area contributed by atoms with Gasteiger partial charge < -0.3 is 10.1 Å². The van der Waals surface area contributed by atoms with Crippen molar-refractivity contribution in [2.45, 2.75) is 20.4 Å². The third kappa shape index (κ3) is 2.93. The number of anilines is 1. The third-order valence-corrected chi connectivity index (χ3v) is 3.22. The minimum Gasteiger partial charge on any atom is -0.495 e. The normalized spacial score (nSPS) is 10.4. The van der Waals surface area contributed by atoms with E-state index in [0.29, 0.717) is 27.7 Å². The van der Waals surface area contributed by atoms with Gasteiger partial charge in [0.15, 0.2) is 0 Å². The lowest BCUT2D eigenvalue weighted by atomic mass is 10.2. The number of rotatable bonds is 4. The second-order valence-electron chi connectivity index (χ2n) is 4.29. The molecule has 0 bridgehead atoms. The number of hydrogen-bond donors (Lipinski definition) is 1. The smallest absolute Gasteiger partial charge is 0.259 e. The van der Waals surface area contributed by atoms with E-state index in [1.54, 1.807) is 36.2 Å². The molecule has 0 atom stereocenters. The summed E-state index contributed by atoms with van der Waals surface area (Å²) in [7, 11) is 1.54. The summed E-state index contributed by atoms with van der Waals surface area (Å²) in [5.74, 6) is 0.364. The van der Waals surface area contributed by atoms with Crippen LogP contribution < -0.4 is 10.1 Å². The fourth-order valence-corrected chi connectivity index (χ4v) is 2.10. The minimum atomic E-state index is -0.205. The van der Waals surface area contributed by atoms with Crippen LogP contribution in [0.2, 0.25) is 5.02 Å². The first kappa shape index (κ1) is 14.4. The lowest BCUT2D eigenvalue weighted by Crippen LogP contribution is -2.12. The lowest BCUT2D eigenvalue weighted by Gasteiger charge is -2.07. The summed E-state index contributed by atoms with van der Waals surface area (Å²) in [5, 5.41) is 7.49. The number of halogens is 1. The molecular formula is C14H16ClN3O2. The fraction of sp³-hybridized carbons (Fsp3) is 0.286. The number of aromatic nitrogens is 2. The van der Waals surface area contributed by atoms with Gasteiger partial charge in [0, 0.05) is 18.4 Å². The molecule has 1 N–H and O–H groups in total. The SMILES string of the molecule is CCn1cc(C(=O)Nc2ccc(OC)c(Cl)c2)c(C)n1. The standard InChI is InChI=1S/C14H16ClN3O2/c1-4-18-8-11(9(2)17-18)14(19)16-10-5-6-13(20-3)12(15)7-10/h5-8H,4H2,1-3H3,(H,16,19). The zero-order chi connectivity index (χ0) is 14.7. The number of benzene rings is 1. The number of hydrogen-bond acceptors (Lipinski definition) is 3. The van der Waals surface area contributed by atoms with Crippen LogP contribution in [0.3, 0.4) is 0 Å². The van der Waals surface area contributed by atoms with Gasteiger partial charge >= 0.3 is 0 Å². The van der Waals surface area contributed by atoms with E-state index in [1.807, 2.05) is 13.8 Å². The van der Waals surface area contributed by atoms with Crippen molar-refractivity contribution in [3.63, 3.8) is 0 Å². The quantitative estimate of drug-likeness (QED) is 0.942. The van der Waals surface area contributed by atoms with E-state index < -0.39 is 0 Å². The molecular weight excluding hydrogens is 278 g/mol. The van der Waals surface area contributed by atoms with Gasteiger partial charge in [0.2, 0.25) is 0 Å². The maximum absolute atomic E-state index is 12.2. The maximum atomic E-state index is 12.2. The Bertz CT molecular complexity index is 637. The molecule has 106 valence electrons. The highest BCUT2D eigenvalue weighted by Gasteiger charge is 2.13. The summed E-state index contributed by atoms with van der Waals surface area (Å²) in [4.78, 5) is 12.2. The number of aryl methyl sites for hydroxylation is 2. The molecule has 0 saturated carbocycles. The zero-order valence-electron chi connectivity index (χ0n) is 11.6. The lowest BCUT2D eigenvalue weighted by molar-refractivity contribution is 0.102. The molecule has 0 radical (unpaired) electrons. The molecule has 1 amide bonds. The Morgan fingerprint density at radius 1 is 1.50 bits per heavy atom. The van der Waals surface area contributed by atoms with Crippen molar-refractivity contribution in [1.29, 1.82) is 0 Å². The van der Waals surface area contributed by atoms with Crippen LogP contribution in [0.4, 0.5) is 5.69 Å². The van der Waals surface area contributed by atoms with E-state index in [0.717, 1.165) is 6.54 Å². The molecule has 5 nitrogen and oxygen atoms in total. The summed E-state index contributed by atoms with van der Waals surface area (Å²) in [6, 6.07) is 5.10. The predicted molar refractivity (Wildman–Crippen MR) is 78.6 cm³/mol. The Hall–Kier alpha value is -2.01. The molecule has 0 saturated heterocycles. The monoisotopic (exact) mass is 293 g/mol. The summed E-state index contributed by atoms with van der Waals surface area (Å²) < 4.78 is 6.80. The fourth-order valence-electron chi connectivity index (χ4n) is 1.85. The summed E-state index contributed by atoms with van der Waals surface area (Å²) in [6.45, 7) is 4.50. The van der Waals surface area contributed by atoms with Crippen LogP contribution in [0.15, 0.2) is 24.4 Å². The van der Waals surface area contributed by atoms with E-state index in [-0.39, 0.29) is 5.91 Å². The van der Waals surface area contributed by atoms with E-state index in [2.05, 4.69) is 10.4 Å². The van der Waals surface area contributed by atoms with E-state index in [1.165, 1.54) is 0 Å². The van der Waals surface area contributed by atoms with Gasteiger partial charge in [-0.25, -0.2) is 0 Å². The molecule has 2 rings (SSSR count). The minimum absolute atomic E-state index is 0.205. The van der Waals surface area contributed by atoms with Gasteiger partial charge in [-0.05, 0) is 32.0 Å². The van der Waals surface area contributed by atoms with Gasteiger partial charge in [0.1, 0.15) is 5.75 Å². The molecule has 0 fully saturated rings. The molecule has 6 heteroatoms. The van der Waals surface area contributed by atoms with Crippen molar-refractivity contribution < 1.29 is 9.53 Å². The molecule has 1 heterocycles. The molecule has 20 heavy (non-hydrogen) atoms. The van der Waals surface area contributed by atoms with Crippen molar-refractivity contribution in [2.24, 2.45) is 0 Å². The van der Waals surface area contributed by atoms with E-state index in [9.17, 15) is 4.79 Å². The molecule has 0 spiro atoms. The van der Waals surface area contributed by atoms with Gasteiger partial charge in [-0.15, -0.1) is 0 Å². The summed E-state index contributed by atoms with van der Waals surface area (Å²) in [5.41, 5.74) is 1.87. The van der Waals surface area contributed by atoms with Crippen molar-refractivity contribution in [1.82, 2.24) is 9.78 Å². The molecule has 1 aromatic heterocycles. The summed E-state index contributed by atoms with van der Waals surface area (Å²) in [6.07, 6.45) is 1.73. The molecule has 0 aliphatic rings. The number of nitrogens with zero attached hydrogens (tertiary/aromatic N) is 2. The largest absolute Gasteiger partial charge is 0.495 e. The molecule has 0 aliphatic heterocycles. The number of methoxy groups -OCH3 is 1. The maximum Gasteiger partial charge on any atom is 0.259 e. The zero-order valence-corrected chi connectivity index (χ0v) is 12.4. The number of amides is 1. The van der Waals surface area contributed by atoms with Crippen molar-refractivity contribution in [3.05, 3.63) is 40.7 Å². The van der Waals surface area contributed by atoms with Crippen molar-refractivity contribution >= 4 is 23.2 Å². The second kappa shape index (κ2) is 5.96. The van der Waals surface area contributed by atoms with E-state index >= 15 is 0 Å². The average Bonchev–Trinajstić information content (AvgIpc) is 2.80. The number of ether oxygens (including phenoxy) is 1. The van der Waals surface area contributed by atoms with Gasteiger partial charge in [0.05, 0.1) is 23.4 Å². The first-order valence-corrected chi connectivity index (χ1v) is 6.62. The Kier molecular flexibility index (Phi) is 4.29. The Morgan fingerprint density at radius 3 is 2.80 bits per heavy atom. The predicted octanol–water partition coefficient (Wildman–Crippen LogP) is 3.13. The third-order valence-electron chi connectivity index (χ3n) is 2.92.